The van der Waals surface area contributed by atoms with Gasteiger partial charge in [0.05, 0.1) is 22.8 Å². The van der Waals surface area contributed by atoms with Crippen molar-refractivity contribution in [2.45, 2.75) is 25.0 Å². The van der Waals surface area contributed by atoms with E-state index in [4.69, 9.17) is 0 Å². The zero-order valence-corrected chi connectivity index (χ0v) is 19.3. The van der Waals surface area contributed by atoms with Gasteiger partial charge in [0.15, 0.2) is 0 Å². The average Bonchev–Trinajstić information content (AvgIpc) is 3.41. The molecule has 0 saturated heterocycles. The van der Waals surface area contributed by atoms with Crippen LogP contribution in [0, 0.1) is 5.92 Å². The zero-order chi connectivity index (χ0) is 23.4. The first-order valence-electron chi connectivity index (χ1n) is 10.4. The van der Waals surface area contributed by atoms with Crippen LogP contribution in [-0.4, -0.2) is 47.7 Å². The Morgan fingerprint density at radius 3 is 2.55 bits per heavy atom. The van der Waals surface area contributed by atoms with Gasteiger partial charge in [-0.1, -0.05) is 37.7 Å². The fraction of sp³-hybridized carbons (Fsp3) is 0.273. The number of aromatic nitrogens is 6. The summed E-state index contributed by atoms with van der Waals surface area (Å²) in [6.07, 6.45) is 0. The summed E-state index contributed by atoms with van der Waals surface area (Å²) in [5, 5.41) is 17.5. The largest absolute Gasteiger partial charge is 0.342 e. The van der Waals surface area contributed by atoms with Gasteiger partial charge in [-0.3, -0.25) is 9.59 Å². The average molecular weight is 465 g/mol. The van der Waals surface area contributed by atoms with Crippen molar-refractivity contribution >= 4 is 40.3 Å². The van der Waals surface area contributed by atoms with Crippen molar-refractivity contribution in [3.05, 3.63) is 59.9 Å². The molecule has 2 aromatic carbocycles. The molecule has 0 saturated carbocycles. The van der Waals surface area contributed by atoms with Crippen molar-refractivity contribution in [1.82, 2.24) is 35.5 Å². The lowest BCUT2D eigenvalue weighted by Gasteiger charge is -2.20. The Hall–Kier alpha value is -3.73. The van der Waals surface area contributed by atoms with Gasteiger partial charge in [-0.05, 0) is 52.7 Å². The van der Waals surface area contributed by atoms with E-state index in [9.17, 15) is 9.59 Å². The highest BCUT2D eigenvalue weighted by molar-refractivity contribution is 7.99. The standard InChI is InChI=1S/C22H24N8O2S/c1-13(2)19(20-24-16-6-4-5-7-17(16)25-20)26-21(32)14-8-10-15(11-9-14)23-18(31)12-33-22-27-28-29-30(22)3/h4-11,13,19H,12H2,1-3H3,(H,23,31)(H,24,25)(H,26,32)/t19-/m1/s1. The number of nitrogens with one attached hydrogen (secondary N) is 3. The number of benzene rings is 2. The number of tetrazole rings is 1. The second-order valence-corrected chi connectivity index (χ2v) is 8.78. The molecule has 0 spiro atoms. The fourth-order valence-corrected chi connectivity index (χ4v) is 3.92. The molecule has 0 aliphatic rings. The molecule has 2 heterocycles. The van der Waals surface area contributed by atoms with Gasteiger partial charge < -0.3 is 15.6 Å². The molecule has 3 N–H and O–H groups in total. The van der Waals surface area contributed by atoms with Crippen LogP contribution in [0.4, 0.5) is 5.69 Å². The first-order valence-corrected chi connectivity index (χ1v) is 11.4. The van der Waals surface area contributed by atoms with Crippen molar-refractivity contribution < 1.29 is 9.59 Å². The van der Waals surface area contributed by atoms with Gasteiger partial charge >= 0.3 is 0 Å². The lowest BCUT2D eigenvalue weighted by atomic mass is 10.0. The minimum absolute atomic E-state index is 0.134. The Kier molecular flexibility index (Phi) is 6.68. The lowest BCUT2D eigenvalue weighted by molar-refractivity contribution is -0.113. The first kappa shape index (κ1) is 22.5. The van der Waals surface area contributed by atoms with Gasteiger partial charge in [0, 0.05) is 18.3 Å². The Labute approximate surface area is 194 Å². The highest BCUT2D eigenvalue weighted by Gasteiger charge is 2.22. The third-order valence-electron chi connectivity index (χ3n) is 5.00. The smallest absolute Gasteiger partial charge is 0.251 e. The molecule has 10 nitrogen and oxygen atoms in total. The topological polar surface area (TPSA) is 130 Å². The molecule has 4 aromatic rings. The van der Waals surface area contributed by atoms with Crippen molar-refractivity contribution in [3.8, 4) is 0 Å². The maximum absolute atomic E-state index is 12.9. The van der Waals surface area contributed by atoms with Crippen LogP contribution in [0.5, 0.6) is 0 Å². The number of carbonyl (C=O) groups excluding carboxylic acids is 2. The summed E-state index contributed by atoms with van der Waals surface area (Å²) in [6.45, 7) is 4.07. The number of imidazole rings is 1. The Morgan fingerprint density at radius 1 is 1.12 bits per heavy atom. The predicted octanol–water partition coefficient (Wildman–Crippen LogP) is 2.94. The number of rotatable bonds is 8. The summed E-state index contributed by atoms with van der Waals surface area (Å²) in [5.74, 6) is 0.625. The third kappa shape index (κ3) is 5.37. The number of hydrogen-bond donors (Lipinski definition) is 3. The Morgan fingerprint density at radius 2 is 1.88 bits per heavy atom. The molecule has 0 unspecified atom stereocenters. The third-order valence-corrected chi connectivity index (χ3v) is 6.01. The minimum atomic E-state index is -0.267. The van der Waals surface area contributed by atoms with Crippen LogP contribution in [0.2, 0.25) is 0 Å². The molecule has 1 atom stereocenters. The van der Waals surface area contributed by atoms with Crippen LogP contribution in [0.1, 0.15) is 36.1 Å². The van der Waals surface area contributed by atoms with Gasteiger partial charge in [-0.15, -0.1) is 5.10 Å². The number of aromatic amines is 1. The Bertz CT molecular complexity index is 1230. The van der Waals surface area contributed by atoms with Crippen molar-refractivity contribution in [2.75, 3.05) is 11.1 Å². The molecule has 170 valence electrons. The number of nitrogens with zero attached hydrogens (tertiary/aromatic N) is 5. The summed E-state index contributed by atoms with van der Waals surface area (Å²) < 4.78 is 1.50. The van der Waals surface area contributed by atoms with Gasteiger partial charge in [-0.2, -0.15) is 0 Å². The number of thioether (sulfide) groups is 1. The molecular formula is C22H24N8O2S. The van der Waals surface area contributed by atoms with E-state index in [0.29, 0.717) is 16.4 Å². The van der Waals surface area contributed by atoms with Crippen LogP contribution in [0.3, 0.4) is 0 Å². The van der Waals surface area contributed by atoms with E-state index < -0.39 is 0 Å². The molecular weight excluding hydrogens is 440 g/mol. The van der Waals surface area contributed by atoms with E-state index in [1.165, 1.54) is 16.4 Å². The molecule has 0 radical (unpaired) electrons. The van der Waals surface area contributed by atoms with Gasteiger partial charge in [-0.25, -0.2) is 9.67 Å². The molecule has 2 aromatic heterocycles. The summed E-state index contributed by atoms with van der Waals surface area (Å²) in [4.78, 5) is 33.0. The van der Waals surface area contributed by atoms with Crippen molar-refractivity contribution in [2.24, 2.45) is 13.0 Å². The highest BCUT2D eigenvalue weighted by atomic mass is 32.2. The molecule has 33 heavy (non-hydrogen) atoms. The highest BCUT2D eigenvalue weighted by Crippen LogP contribution is 2.23. The fourth-order valence-electron chi connectivity index (χ4n) is 3.27. The Balaban J connectivity index is 1.37. The first-order chi connectivity index (χ1) is 15.9. The SMILES string of the molecule is CC(C)[C@@H](NC(=O)c1ccc(NC(=O)CSc2nnnn2C)cc1)c1nc2ccccc2[nH]1. The lowest BCUT2D eigenvalue weighted by Crippen LogP contribution is -2.32. The van der Waals surface area contributed by atoms with E-state index in [2.05, 4.69) is 36.1 Å². The number of amides is 2. The number of hydrogen-bond acceptors (Lipinski definition) is 7. The summed E-state index contributed by atoms with van der Waals surface area (Å²) in [6, 6.07) is 14.3. The molecule has 0 fully saturated rings. The maximum atomic E-state index is 12.9. The number of aryl methyl sites for hydroxylation is 1. The van der Waals surface area contributed by atoms with Gasteiger partial charge in [0.1, 0.15) is 5.82 Å². The number of carbonyl (C=O) groups is 2. The second-order valence-electron chi connectivity index (χ2n) is 7.83. The van der Waals surface area contributed by atoms with E-state index in [-0.39, 0.29) is 29.5 Å². The molecule has 0 bridgehead atoms. The van der Waals surface area contributed by atoms with Gasteiger partial charge in [0.2, 0.25) is 11.1 Å². The molecule has 4 rings (SSSR count). The van der Waals surface area contributed by atoms with E-state index >= 15 is 0 Å². The minimum Gasteiger partial charge on any atom is -0.342 e. The maximum Gasteiger partial charge on any atom is 0.251 e. The second kappa shape index (κ2) is 9.82. The van der Waals surface area contributed by atoms with Crippen molar-refractivity contribution in [1.29, 1.82) is 0 Å². The van der Waals surface area contributed by atoms with Crippen molar-refractivity contribution in [3.63, 3.8) is 0 Å². The van der Waals surface area contributed by atoms with Crippen LogP contribution in [0.15, 0.2) is 53.7 Å². The number of fused-ring (bicyclic) bond motifs is 1. The molecule has 11 heteroatoms. The van der Waals surface area contributed by atoms with E-state index in [0.717, 1.165) is 16.9 Å². The predicted molar refractivity (Wildman–Crippen MR) is 126 cm³/mol. The van der Waals surface area contributed by atoms with Gasteiger partial charge in [0.25, 0.3) is 5.91 Å². The summed E-state index contributed by atoms with van der Waals surface area (Å²) in [7, 11) is 1.71. The van der Waals surface area contributed by atoms with Crippen LogP contribution < -0.4 is 10.6 Å². The van der Waals surface area contributed by atoms with E-state index in [1.54, 1.807) is 31.3 Å². The number of anilines is 1. The molecule has 0 aliphatic heterocycles. The van der Waals surface area contributed by atoms with Crippen LogP contribution in [-0.2, 0) is 11.8 Å². The number of para-hydroxylation sites is 2. The number of H-pyrrole nitrogens is 1. The summed E-state index contributed by atoms with van der Waals surface area (Å²) >= 11 is 1.24. The normalized spacial score (nSPS) is 12.1. The van der Waals surface area contributed by atoms with E-state index in [1.807, 2.05) is 38.1 Å². The van der Waals surface area contributed by atoms with Crippen LogP contribution >= 0.6 is 11.8 Å². The monoisotopic (exact) mass is 464 g/mol. The summed E-state index contributed by atoms with van der Waals surface area (Å²) in [5.41, 5.74) is 2.89. The molecule has 2 amide bonds. The molecule has 0 aliphatic carbocycles. The quantitative estimate of drug-likeness (QED) is 0.342. The van der Waals surface area contributed by atoms with Crippen LogP contribution in [0.25, 0.3) is 11.0 Å². The zero-order valence-electron chi connectivity index (χ0n) is 18.4.